The van der Waals surface area contributed by atoms with E-state index in [4.69, 9.17) is 15.2 Å². The van der Waals surface area contributed by atoms with E-state index < -0.39 is 0 Å². The summed E-state index contributed by atoms with van der Waals surface area (Å²) >= 11 is 0. The molecule has 254 valence electrons. The number of hydrogen-bond acceptors (Lipinski definition) is 7. The molecule has 0 aromatic heterocycles. The Morgan fingerprint density at radius 3 is 2.46 bits per heavy atom. The fourth-order valence-corrected chi connectivity index (χ4v) is 6.29. The molecule has 0 amide bonds. The first kappa shape index (κ1) is 36.7. The number of guanidine groups is 1. The van der Waals surface area contributed by atoms with Crippen molar-refractivity contribution in [2.24, 2.45) is 28.5 Å². The highest BCUT2D eigenvalue weighted by molar-refractivity contribution is 5.94. The van der Waals surface area contributed by atoms with E-state index in [1.54, 1.807) is 25.3 Å². The molecular weight excluding hydrogens is 580 g/mol. The average Bonchev–Trinajstić information content (AvgIpc) is 3.48. The summed E-state index contributed by atoms with van der Waals surface area (Å²) in [7, 11) is 5.03. The van der Waals surface area contributed by atoms with Crippen LogP contribution in [0.2, 0.25) is 0 Å². The maximum atomic E-state index is 13.1. The van der Waals surface area contributed by atoms with Gasteiger partial charge in [-0.3, -0.25) is 9.79 Å². The number of phenolic OH excluding ortho intramolecular Hbond substituents is 2. The molecular formula is C37H56N4O5. The topological polar surface area (TPSA) is 138 Å². The molecule has 0 unspecified atom stereocenters. The van der Waals surface area contributed by atoms with Crippen molar-refractivity contribution in [3.05, 3.63) is 53.6 Å². The predicted molar refractivity (Wildman–Crippen MR) is 187 cm³/mol. The Bertz CT molecular complexity index is 1330. The van der Waals surface area contributed by atoms with Gasteiger partial charge in [0, 0.05) is 20.0 Å². The number of ketones is 1. The smallest absolute Gasteiger partial charge is 0.192 e. The van der Waals surface area contributed by atoms with Crippen LogP contribution in [0.4, 0.5) is 5.69 Å². The van der Waals surface area contributed by atoms with Crippen LogP contribution in [0.5, 0.6) is 23.0 Å². The molecule has 0 spiro atoms. The number of ether oxygens (including phenoxy) is 2. The van der Waals surface area contributed by atoms with Gasteiger partial charge in [0.05, 0.1) is 12.8 Å². The summed E-state index contributed by atoms with van der Waals surface area (Å²) in [6, 6.07) is 9.02. The monoisotopic (exact) mass is 636 g/mol. The Hall–Kier alpha value is -3.72. The van der Waals surface area contributed by atoms with Gasteiger partial charge in [0.2, 0.25) is 0 Å². The number of carbonyl (C=O) groups excluding carboxylic acids is 1. The van der Waals surface area contributed by atoms with Crippen LogP contribution in [0.25, 0.3) is 0 Å². The first-order valence-electron chi connectivity index (χ1n) is 16.7. The van der Waals surface area contributed by atoms with Gasteiger partial charge in [-0.2, -0.15) is 0 Å². The third kappa shape index (κ3) is 11.0. The summed E-state index contributed by atoms with van der Waals surface area (Å²) in [6.07, 6.45) is 12.7. The number of allylic oxidation sites excluding steroid dienone is 2. The number of aryl methyl sites for hydroxylation is 1. The third-order valence-corrected chi connectivity index (χ3v) is 9.06. The molecule has 9 heteroatoms. The van der Waals surface area contributed by atoms with Gasteiger partial charge in [-0.25, -0.2) is 0 Å². The van der Waals surface area contributed by atoms with E-state index >= 15 is 0 Å². The Balaban J connectivity index is 1.88. The number of benzene rings is 2. The Morgan fingerprint density at radius 2 is 1.80 bits per heavy atom. The third-order valence-electron chi connectivity index (χ3n) is 9.06. The molecule has 0 heterocycles. The SMILES string of the molecule is CN=C(N)Nc1cc(C[C@H](C=CC(=O)CCc2ccc(O)c(OC)c2)[C@H](C)CCCC(C)C)cc(OC2(CNC)CCCC2)c1O. The highest BCUT2D eigenvalue weighted by Crippen LogP contribution is 2.42. The molecule has 3 rings (SSSR count). The zero-order valence-corrected chi connectivity index (χ0v) is 28.7. The molecule has 2 atom stereocenters. The van der Waals surface area contributed by atoms with Crippen molar-refractivity contribution in [3.8, 4) is 23.0 Å². The second kappa shape index (κ2) is 17.8. The molecule has 1 aliphatic rings. The van der Waals surface area contributed by atoms with Crippen molar-refractivity contribution < 1.29 is 24.5 Å². The van der Waals surface area contributed by atoms with Crippen LogP contribution >= 0.6 is 0 Å². The van der Waals surface area contributed by atoms with Crippen LogP contribution in [0.3, 0.4) is 0 Å². The van der Waals surface area contributed by atoms with Gasteiger partial charge in [-0.1, -0.05) is 52.2 Å². The Labute approximate surface area is 275 Å². The Morgan fingerprint density at radius 1 is 1.09 bits per heavy atom. The number of rotatable bonds is 18. The zero-order chi connectivity index (χ0) is 33.7. The van der Waals surface area contributed by atoms with E-state index in [9.17, 15) is 15.0 Å². The highest BCUT2D eigenvalue weighted by atomic mass is 16.5. The van der Waals surface area contributed by atoms with Gasteiger partial charge < -0.3 is 36.1 Å². The summed E-state index contributed by atoms with van der Waals surface area (Å²) in [5.74, 6) is 2.21. The fraction of sp³-hybridized carbons (Fsp3) is 0.568. The minimum Gasteiger partial charge on any atom is -0.504 e. The van der Waals surface area contributed by atoms with Crippen molar-refractivity contribution in [2.75, 3.05) is 33.1 Å². The summed E-state index contributed by atoms with van der Waals surface area (Å²) in [6.45, 7) is 7.43. The quantitative estimate of drug-likeness (QED) is 0.0524. The number of nitrogens with zero attached hydrogens (tertiary/aromatic N) is 1. The first-order chi connectivity index (χ1) is 22.0. The molecule has 2 aromatic rings. The first-order valence-corrected chi connectivity index (χ1v) is 16.7. The van der Waals surface area contributed by atoms with E-state index in [2.05, 4.69) is 42.5 Å². The summed E-state index contributed by atoms with van der Waals surface area (Å²) in [5.41, 5.74) is 7.99. The number of methoxy groups -OCH3 is 1. The summed E-state index contributed by atoms with van der Waals surface area (Å²) < 4.78 is 11.8. The highest BCUT2D eigenvalue weighted by Gasteiger charge is 2.36. The molecule has 1 saturated carbocycles. The van der Waals surface area contributed by atoms with E-state index in [-0.39, 0.29) is 34.8 Å². The number of hydrogen-bond donors (Lipinski definition) is 5. The molecule has 0 aliphatic heterocycles. The Kier molecular flexibility index (Phi) is 14.2. The van der Waals surface area contributed by atoms with Crippen LogP contribution in [0.15, 0.2) is 47.5 Å². The molecule has 9 nitrogen and oxygen atoms in total. The van der Waals surface area contributed by atoms with Crippen molar-refractivity contribution in [3.63, 3.8) is 0 Å². The number of aromatic hydroxyl groups is 2. The van der Waals surface area contributed by atoms with Gasteiger partial charge in [0.15, 0.2) is 34.7 Å². The maximum absolute atomic E-state index is 13.1. The lowest BCUT2D eigenvalue weighted by molar-refractivity contribution is -0.114. The maximum Gasteiger partial charge on any atom is 0.192 e. The number of carbonyl (C=O) groups is 1. The molecule has 1 fully saturated rings. The van der Waals surface area contributed by atoms with Crippen molar-refractivity contribution in [2.45, 2.75) is 90.6 Å². The second-order valence-electron chi connectivity index (χ2n) is 13.2. The number of likely N-dealkylation sites (N-methyl/N-ethyl adjacent to an activating group) is 1. The zero-order valence-electron chi connectivity index (χ0n) is 28.7. The lowest BCUT2D eigenvalue weighted by atomic mass is 9.83. The van der Waals surface area contributed by atoms with E-state index in [1.165, 1.54) is 7.11 Å². The number of anilines is 1. The molecule has 2 aromatic carbocycles. The van der Waals surface area contributed by atoms with Gasteiger partial charge in [0.25, 0.3) is 0 Å². The van der Waals surface area contributed by atoms with Gasteiger partial charge in [-0.15, -0.1) is 0 Å². The number of phenols is 2. The lowest BCUT2D eigenvalue weighted by Crippen LogP contribution is -2.42. The van der Waals surface area contributed by atoms with Crippen LogP contribution in [-0.4, -0.2) is 55.3 Å². The predicted octanol–water partition coefficient (Wildman–Crippen LogP) is 6.75. The normalized spacial score (nSPS) is 16.1. The van der Waals surface area contributed by atoms with Crippen LogP contribution < -0.4 is 25.8 Å². The number of nitrogens with two attached hydrogens (primary N) is 1. The lowest BCUT2D eigenvalue weighted by Gasteiger charge is -2.31. The molecule has 0 saturated heterocycles. The minimum absolute atomic E-state index is 0.0100. The van der Waals surface area contributed by atoms with Crippen molar-refractivity contribution >= 4 is 17.4 Å². The van der Waals surface area contributed by atoms with Gasteiger partial charge >= 0.3 is 0 Å². The fourth-order valence-electron chi connectivity index (χ4n) is 6.29. The van der Waals surface area contributed by atoms with Crippen LogP contribution in [-0.2, 0) is 17.6 Å². The molecule has 6 N–H and O–H groups in total. The van der Waals surface area contributed by atoms with Crippen LogP contribution in [0, 0.1) is 17.8 Å². The van der Waals surface area contributed by atoms with Crippen molar-refractivity contribution in [1.29, 1.82) is 0 Å². The van der Waals surface area contributed by atoms with E-state index in [0.717, 1.165) is 56.1 Å². The number of nitrogens with one attached hydrogen (secondary N) is 2. The summed E-state index contributed by atoms with van der Waals surface area (Å²) in [5, 5.41) is 27.5. The molecule has 46 heavy (non-hydrogen) atoms. The minimum atomic E-state index is -0.385. The van der Waals surface area contributed by atoms with Gasteiger partial charge in [0.1, 0.15) is 5.60 Å². The molecule has 0 bridgehead atoms. The second-order valence-corrected chi connectivity index (χ2v) is 13.2. The molecule has 0 radical (unpaired) electrons. The van der Waals surface area contributed by atoms with E-state index in [0.29, 0.717) is 54.8 Å². The molecule has 1 aliphatic carbocycles. The summed E-state index contributed by atoms with van der Waals surface area (Å²) in [4.78, 5) is 17.1. The number of aliphatic imine (C=N–C) groups is 1. The van der Waals surface area contributed by atoms with Crippen LogP contribution in [0.1, 0.15) is 83.3 Å². The van der Waals surface area contributed by atoms with Gasteiger partial charge in [-0.05, 0) is 105 Å². The largest absolute Gasteiger partial charge is 0.504 e. The average molecular weight is 637 g/mol. The standard InChI is InChI=1S/C37H56N4O5/c1-25(2)10-9-11-26(3)29(14-16-30(42)15-12-27-13-17-32(43)33(22-27)45-6)20-28-21-31(41-36(38)40-5)35(44)34(23-28)46-37(24-39-4)18-7-8-19-37/h13-14,16-17,21-23,25-26,29,39,43-44H,7-12,15,18-20,24H2,1-6H3,(H3,38,40,41)/t26-,29+/m1/s1. The van der Waals surface area contributed by atoms with E-state index in [1.807, 2.05) is 25.2 Å². The van der Waals surface area contributed by atoms with Crippen molar-refractivity contribution in [1.82, 2.24) is 5.32 Å².